The molecule has 0 saturated heterocycles. The number of aryl methyl sites for hydroxylation is 1. The van der Waals surface area contributed by atoms with Gasteiger partial charge in [-0.2, -0.15) is 0 Å². The van der Waals surface area contributed by atoms with Gasteiger partial charge in [0.15, 0.2) is 0 Å². The number of esters is 1. The summed E-state index contributed by atoms with van der Waals surface area (Å²) in [7, 11) is 1.81. The summed E-state index contributed by atoms with van der Waals surface area (Å²) in [6, 6.07) is 10.3. The fourth-order valence-electron chi connectivity index (χ4n) is 3.95. The Morgan fingerprint density at radius 3 is 2.62 bits per heavy atom. The van der Waals surface area contributed by atoms with Crippen LogP contribution in [-0.4, -0.2) is 25.8 Å². The van der Waals surface area contributed by atoms with Gasteiger partial charge in [0, 0.05) is 13.0 Å². The Morgan fingerprint density at radius 1 is 1.19 bits per heavy atom. The van der Waals surface area contributed by atoms with Crippen molar-refractivity contribution < 1.29 is 14.3 Å². The topological polar surface area (TPSA) is 35.5 Å². The molecule has 1 saturated carbocycles. The number of methoxy groups -OCH3 is 1. The van der Waals surface area contributed by atoms with Crippen LogP contribution in [0.4, 0.5) is 0 Å². The first-order valence-electron chi connectivity index (χ1n) is 10.1. The minimum absolute atomic E-state index is 0.145. The fraction of sp³-hybridized carbons (Fsp3) is 0.609. The quantitative estimate of drug-likeness (QED) is 0.322. The Balaban J connectivity index is 1.63. The van der Waals surface area contributed by atoms with Crippen LogP contribution in [0.2, 0.25) is 0 Å². The molecule has 2 atom stereocenters. The summed E-state index contributed by atoms with van der Waals surface area (Å²) < 4.78 is 11.1. The minimum atomic E-state index is -0.145. The molecule has 0 aromatic heterocycles. The molecule has 3 nitrogen and oxygen atoms in total. The SMILES string of the molecule is CO[C@H](C1CCCCC1)[C@H](C)/C=C/CC(=O)OCCCc1ccccc1. The molecule has 1 aliphatic rings. The monoisotopic (exact) mass is 358 g/mol. The van der Waals surface area contributed by atoms with Crippen LogP contribution in [-0.2, 0) is 20.7 Å². The summed E-state index contributed by atoms with van der Waals surface area (Å²) in [6.07, 6.45) is 13.0. The average molecular weight is 359 g/mol. The maximum absolute atomic E-state index is 11.9. The first-order chi connectivity index (χ1) is 12.7. The van der Waals surface area contributed by atoms with Crippen molar-refractivity contribution >= 4 is 5.97 Å². The van der Waals surface area contributed by atoms with E-state index in [4.69, 9.17) is 9.47 Å². The van der Waals surface area contributed by atoms with Crippen LogP contribution in [0.3, 0.4) is 0 Å². The van der Waals surface area contributed by atoms with E-state index in [1.165, 1.54) is 37.7 Å². The molecule has 0 heterocycles. The van der Waals surface area contributed by atoms with Crippen LogP contribution in [0.5, 0.6) is 0 Å². The smallest absolute Gasteiger partial charge is 0.309 e. The highest BCUT2D eigenvalue weighted by Gasteiger charge is 2.26. The van der Waals surface area contributed by atoms with E-state index < -0.39 is 0 Å². The first kappa shape index (κ1) is 20.7. The molecule has 1 aliphatic carbocycles. The van der Waals surface area contributed by atoms with Gasteiger partial charge in [-0.15, -0.1) is 0 Å². The molecule has 0 unspecified atom stereocenters. The third kappa shape index (κ3) is 7.33. The Hall–Kier alpha value is -1.61. The summed E-state index contributed by atoms with van der Waals surface area (Å²) in [5.41, 5.74) is 1.28. The Morgan fingerprint density at radius 2 is 1.92 bits per heavy atom. The van der Waals surface area contributed by atoms with Crippen molar-refractivity contribution in [2.45, 2.75) is 64.4 Å². The summed E-state index contributed by atoms with van der Waals surface area (Å²) in [6.45, 7) is 2.67. The van der Waals surface area contributed by atoms with Crippen LogP contribution in [0.1, 0.15) is 57.4 Å². The largest absolute Gasteiger partial charge is 0.465 e. The molecule has 0 spiro atoms. The number of carbonyl (C=O) groups is 1. The van der Waals surface area contributed by atoms with Crippen LogP contribution in [0.25, 0.3) is 0 Å². The van der Waals surface area contributed by atoms with E-state index >= 15 is 0 Å². The van der Waals surface area contributed by atoms with Crippen molar-refractivity contribution in [3.8, 4) is 0 Å². The zero-order chi connectivity index (χ0) is 18.6. The highest BCUT2D eigenvalue weighted by molar-refractivity contribution is 5.71. The van der Waals surface area contributed by atoms with Crippen molar-refractivity contribution in [3.05, 3.63) is 48.0 Å². The molecule has 1 aromatic rings. The molecule has 0 aliphatic heterocycles. The standard InChI is InChI=1S/C23H34O3/c1-19(23(25-2)21-15-7-4-8-16-21)11-9-17-22(24)26-18-10-14-20-12-5-3-6-13-20/h3,5-6,9,11-13,19,21,23H,4,7-8,10,14-18H2,1-2H3/b11-9+/t19-,23+/m1/s1. The van der Waals surface area contributed by atoms with E-state index in [2.05, 4.69) is 25.1 Å². The number of benzene rings is 1. The zero-order valence-corrected chi connectivity index (χ0v) is 16.4. The third-order valence-electron chi connectivity index (χ3n) is 5.34. The molecule has 144 valence electrons. The Kier molecular flexibility index (Phi) is 9.47. The zero-order valence-electron chi connectivity index (χ0n) is 16.4. The Bertz CT molecular complexity index is 532. The van der Waals surface area contributed by atoms with E-state index in [1.807, 2.05) is 31.4 Å². The summed E-state index contributed by atoms with van der Waals surface area (Å²) >= 11 is 0. The van der Waals surface area contributed by atoms with E-state index in [0.717, 1.165) is 12.8 Å². The molecular formula is C23H34O3. The number of ether oxygens (including phenoxy) is 2. The minimum Gasteiger partial charge on any atom is -0.465 e. The summed E-state index contributed by atoms with van der Waals surface area (Å²) in [5, 5.41) is 0. The van der Waals surface area contributed by atoms with E-state index in [1.54, 1.807) is 0 Å². The molecule has 0 N–H and O–H groups in total. The molecular weight excluding hydrogens is 324 g/mol. The van der Waals surface area contributed by atoms with Gasteiger partial charge in [-0.05, 0) is 37.2 Å². The van der Waals surface area contributed by atoms with Gasteiger partial charge < -0.3 is 9.47 Å². The van der Waals surface area contributed by atoms with E-state index in [0.29, 0.717) is 24.9 Å². The highest BCUT2D eigenvalue weighted by atomic mass is 16.5. The van der Waals surface area contributed by atoms with Crippen LogP contribution >= 0.6 is 0 Å². The van der Waals surface area contributed by atoms with Gasteiger partial charge in [-0.3, -0.25) is 4.79 Å². The molecule has 1 aromatic carbocycles. The lowest BCUT2D eigenvalue weighted by molar-refractivity contribution is -0.142. The van der Waals surface area contributed by atoms with Crippen LogP contribution < -0.4 is 0 Å². The van der Waals surface area contributed by atoms with E-state index in [9.17, 15) is 4.79 Å². The highest BCUT2D eigenvalue weighted by Crippen LogP contribution is 2.31. The van der Waals surface area contributed by atoms with Gasteiger partial charge in [0.25, 0.3) is 0 Å². The normalized spacial score (nSPS) is 17.9. The van der Waals surface area contributed by atoms with Gasteiger partial charge in [-0.25, -0.2) is 0 Å². The molecule has 3 heteroatoms. The molecule has 2 rings (SSSR count). The van der Waals surface area contributed by atoms with Crippen molar-refractivity contribution in [1.29, 1.82) is 0 Å². The predicted molar refractivity (Wildman–Crippen MR) is 106 cm³/mol. The summed E-state index contributed by atoms with van der Waals surface area (Å²) in [4.78, 5) is 11.9. The maximum Gasteiger partial charge on any atom is 0.309 e. The van der Waals surface area contributed by atoms with Crippen molar-refractivity contribution in [2.75, 3.05) is 13.7 Å². The van der Waals surface area contributed by atoms with Gasteiger partial charge in [0.1, 0.15) is 0 Å². The molecule has 0 radical (unpaired) electrons. The lowest BCUT2D eigenvalue weighted by Crippen LogP contribution is -2.30. The number of rotatable bonds is 10. The molecule has 1 fully saturated rings. The van der Waals surface area contributed by atoms with Gasteiger partial charge in [-0.1, -0.05) is 68.7 Å². The lowest BCUT2D eigenvalue weighted by atomic mass is 9.80. The van der Waals surface area contributed by atoms with E-state index in [-0.39, 0.29) is 12.1 Å². The second kappa shape index (κ2) is 11.9. The van der Waals surface area contributed by atoms with Gasteiger partial charge in [0.05, 0.1) is 19.1 Å². The molecule has 0 amide bonds. The average Bonchev–Trinajstić information content (AvgIpc) is 2.67. The lowest BCUT2D eigenvalue weighted by Gasteiger charge is -2.32. The van der Waals surface area contributed by atoms with Crippen molar-refractivity contribution in [3.63, 3.8) is 0 Å². The Labute approximate surface area is 158 Å². The van der Waals surface area contributed by atoms with Crippen LogP contribution in [0, 0.1) is 11.8 Å². The van der Waals surface area contributed by atoms with Gasteiger partial charge >= 0.3 is 5.97 Å². The second-order valence-corrected chi connectivity index (χ2v) is 7.40. The third-order valence-corrected chi connectivity index (χ3v) is 5.34. The number of hydrogen-bond acceptors (Lipinski definition) is 3. The van der Waals surface area contributed by atoms with Crippen LogP contribution in [0.15, 0.2) is 42.5 Å². The van der Waals surface area contributed by atoms with Gasteiger partial charge in [0.2, 0.25) is 0 Å². The second-order valence-electron chi connectivity index (χ2n) is 7.40. The summed E-state index contributed by atoms with van der Waals surface area (Å²) in [5.74, 6) is 0.834. The molecule has 26 heavy (non-hydrogen) atoms. The molecule has 0 bridgehead atoms. The number of carbonyl (C=O) groups excluding carboxylic acids is 1. The number of hydrogen-bond donors (Lipinski definition) is 0. The predicted octanol–water partition coefficient (Wildman–Crippen LogP) is 5.34. The maximum atomic E-state index is 11.9. The fourth-order valence-corrected chi connectivity index (χ4v) is 3.95. The first-order valence-corrected chi connectivity index (χ1v) is 10.1. The van der Waals surface area contributed by atoms with Crippen molar-refractivity contribution in [1.82, 2.24) is 0 Å². The van der Waals surface area contributed by atoms with Crippen molar-refractivity contribution in [2.24, 2.45) is 11.8 Å².